The molecule has 0 N–H and O–H groups in total. The van der Waals surface area contributed by atoms with Crippen molar-refractivity contribution in [3.8, 4) is 0 Å². The van der Waals surface area contributed by atoms with E-state index >= 15 is 0 Å². The van der Waals surface area contributed by atoms with Gasteiger partial charge in [-0.2, -0.15) is 8.42 Å². The third-order valence-corrected chi connectivity index (χ3v) is 7.58. The summed E-state index contributed by atoms with van der Waals surface area (Å²) in [7, 11) is -3.69. The predicted molar refractivity (Wildman–Crippen MR) is 126 cm³/mol. The molecular weight excluding hydrogens is 456 g/mol. The molecule has 34 heavy (non-hydrogen) atoms. The average molecular weight is 481 g/mol. The molecule has 0 saturated carbocycles. The van der Waals surface area contributed by atoms with E-state index in [2.05, 4.69) is 9.38 Å². The lowest BCUT2D eigenvalue weighted by Gasteiger charge is -2.37. The largest absolute Gasteiger partial charge is 0.464 e. The molecule has 5 rings (SSSR count). The van der Waals surface area contributed by atoms with Gasteiger partial charge in [0, 0.05) is 24.6 Å². The van der Waals surface area contributed by atoms with Crippen molar-refractivity contribution in [1.29, 1.82) is 0 Å². The van der Waals surface area contributed by atoms with Gasteiger partial charge in [0.25, 0.3) is 15.6 Å². The fraction of sp³-hybridized carbons (Fsp3) is 0.333. The zero-order valence-electron chi connectivity index (χ0n) is 18.5. The zero-order chi connectivity index (χ0) is 23.7. The molecule has 0 radical (unpaired) electrons. The lowest BCUT2D eigenvalue weighted by molar-refractivity contribution is -0.144. The van der Waals surface area contributed by atoms with E-state index in [0.29, 0.717) is 35.3 Å². The first kappa shape index (κ1) is 22.3. The number of amidine groups is 1. The van der Waals surface area contributed by atoms with Gasteiger partial charge in [0.2, 0.25) is 0 Å². The number of nitrogens with zero attached hydrogens (tertiary/aromatic N) is 4. The van der Waals surface area contributed by atoms with Crippen LogP contribution in [0.15, 0.2) is 68.9 Å². The third kappa shape index (κ3) is 4.21. The van der Waals surface area contributed by atoms with E-state index < -0.39 is 16.0 Å². The number of ether oxygens (including phenoxy) is 1. The van der Waals surface area contributed by atoms with Crippen molar-refractivity contribution in [2.24, 2.45) is 4.40 Å². The second-order valence-corrected chi connectivity index (χ2v) is 10.0. The summed E-state index contributed by atoms with van der Waals surface area (Å²) in [5.41, 5.74) is 0.905. The summed E-state index contributed by atoms with van der Waals surface area (Å²) in [5.74, 6) is -0.0481. The Balaban J connectivity index is 1.24. The summed E-state index contributed by atoms with van der Waals surface area (Å²) in [6.45, 7) is 0.639. The number of carbonyl (C=O) groups is 1. The van der Waals surface area contributed by atoms with E-state index in [-0.39, 0.29) is 29.6 Å². The molecule has 0 spiro atoms. The van der Waals surface area contributed by atoms with Gasteiger partial charge in [0.05, 0.1) is 23.8 Å². The number of benzene rings is 2. The van der Waals surface area contributed by atoms with E-state index in [9.17, 15) is 18.0 Å². The van der Waals surface area contributed by atoms with Crippen molar-refractivity contribution in [1.82, 2.24) is 14.5 Å². The molecule has 9 nitrogen and oxygen atoms in total. The minimum absolute atomic E-state index is 0.00622. The van der Waals surface area contributed by atoms with Gasteiger partial charge in [-0.1, -0.05) is 24.3 Å². The summed E-state index contributed by atoms with van der Waals surface area (Å²) < 4.78 is 35.7. The van der Waals surface area contributed by atoms with Gasteiger partial charge in [0.1, 0.15) is 11.4 Å². The highest BCUT2D eigenvalue weighted by molar-refractivity contribution is 7.90. The summed E-state index contributed by atoms with van der Waals surface area (Å²) in [4.78, 5) is 31.5. The van der Waals surface area contributed by atoms with Crippen molar-refractivity contribution in [2.45, 2.75) is 43.2 Å². The van der Waals surface area contributed by atoms with Crippen LogP contribution in [0, 0.1) is 0 Å². The Morgan fingerprint density at radius 3 is 2.76 bits per heavy atom. The van der Waals surface area contributed by atoms with Crippen LogP contribution in [0.4, 0.5) is 0 Å². The van der Waals surface area contributed by atoms with Crippen LogP contribution in [-0.2, 0) is 26.1 Å². The Hall–Kier alpha value is -3.53. The maximum absolute atomic E-state index is 12.6. The molecule has 1 aromatic heterocycles. The lowest BCUT2D eigenvalue weighted by atomic mass is 9.98. The number of carbonyl (C=O) groups excluding carboxylic acids is 1. The van der Waals surface area contributed by atoms with E-state index in [4.69, 9.17) is 4.74 Å². The molecule has 0 bridgehead atoms. The predicted octanol–water partition coefficient (Wildman–Crippen LogP) is 2.33. The van der Waals surface area contributed by atoms with Crippen molar-refractivity contribution >= 4 is 32.7 Å². The Kier molecular flexibility index (Phi) is 5.91. The highest BCUT2D eigenvalue weighted by atomic mass is 32.2. The van der Waals surface area contributed by atoms with Gasteiger partial charge >= 0.3 is 5.97 Å². The maximum Gasteiger partial charge on any atom is 0.326 e. The minimum atomic E-state index is -3.69. The van der Waals surface area contributed by atoms with Gasteiger partial charge in [-0.3, -0.25) is 14.2 Å². The summed E-state index contributed by atoms with van der Waals surface area (Å²) >= 11 is 0. The minimum Gasteiger partial charge on any atom is -0.464 e. The smallest absolute Gasteiger partial charge is 0.326 e. The summed E-state index contributed by atoms with van der Waals surface area (Å²) in [5, 5.41) is 0.447. The van der Waals surface area contributed by atoms with Crippen LogP contribution < -0.4 is 5.56 Å². The number of sulfonamides is 1. The molecule has 3 aromatic rings. The quantitative estimate of drug-likeness (QED) is 0.515. The monoisotopic (exact) mass is 480 g/mol. The summed E-state index contributed by atoms with van der Waals surface area (Å²) in [6.07, 6.45) is 4.69. The second kappa shape index (κ2) is 9.02. The van der Waals surface area contributed by atoms with Crippen molar-refractivity contribution in [2.75, 3.05) is 13.2 Å². The van der Waals surface area contributed by atoms with Gasteiger partial charge in [-0.25, -0.2) is 4.98 Å². The number of hydrogen-bond donors (Lipinski definition) is 0. The van der Waals surface area contributed by atoms with Gasteiger partial charge in [0.15, 0.2) is 5.84 Å². The summed E-state index contributed by atoms with van der Waals surface area (Å²) in [6, 6.07) is 13.8. The molecule has 2 aliphatic heterocycles. The van der Waals surface area contributed by atoms with Crippen LogP contribution in [0.2, 0.25) is 0 Å². The van der Waals surface area contributed by atoms with Crippen molar-refractivity contribution in [3.63, 3.8) is 0 Å². The average Bonchev–Trinajstić information content (AvgIpc) is 3.12. The first-order valence-electron chi connectivity index (χ1n) is 11.2. The van der Waals surface area contributed by atoms with Gasteiger partial charge in [-0.05, 0) is 43.5 Å². The number of likely N-dealkylation sites (tertiary alicyclic amines) is 1. The maximum atomic E-state index is 12.6. The van der Waals surface area contributed by atoms with Crippen LogP contribution in [0.1, 0.15) is 31.2 Å². The van der Waals surface area contributed by atoms with E-state index in [1.54, 1.807) is 48.5 Å². The topological polar surface area (TPSA) is 111 Å². The Morgan fingerprint density at radius 2 is 1.88 bits per heavy atom. The van der Waals surface area contributed by atoms with Crippen LogP contribution in [0.3, 0.4) is 0 Å². The van der Waals surface area contributed by atoms with Crippen LogP contribution in [0.5, 0.6) is 0 Å². The molecular formula is C24H24N4O5S. The molecule has 2 aliphatic rings. The molecule has 0 aliphatic carbocycles. The number of esters is 1. The number of fused-ring (bicyclic) bond motifs is 2. The number of rotatable bonds is 5. The van der Waals surface area contributed by atoms with E-state index in [1.807, 2.05) is 4.90 Å². The lowest BCUT2D eigenvalue weighted by Crippen LogP contribution is -2.44. The van der Waals surface area contributed by atoms with Crippen molar-refractivity contribution < 1.29 is 17.9 Å². The molecule has 0 amide bonds. The molecule has 1 unspecified atom stereocenters. The number of aromatic nitrogens is 2. The fourth-order valence-corrected chi connectivity index (χ4v) is 5.80. The fourth-order valence-electron chi connectivity index (χ4n) is 4.59. The van der Waals surface area contributed by atoms with Gasteiger partial charge in [-0.15, -0.1) is 4.40 Å². The SMILES string of the molecule is O=C(Cn1cnc2ccccc2c1=O)OCCC1CCCCN1C1=NS(=O)(=O)c2ccccc21. The van der Waals surface area contributed by atoms with Crippen LogP contribution in [-0.4, -0.2) is 53.9 Å². The molecule has 10 heteroatoms. The highest BCUT2D eigenvalue weighted by Gasteiger charge is 2.35. The number of para-hydroxylation sites is 1. The third-order valence-electron chi connectivity index (χ3n) is 6.26. The Morgan fingerprint density at radius 1 is 1.09 bits per heavy atom. The number of hydrogen-bond acceptors (Lipinski definition) is 7. The molecule has 2 aromatic carbocycles. The standard InChI is InChI=1S/C24H24N4O5S/c29-22(15-27-16-25-20-10-3-1-8-18(20)24(27)30)33-14-12-17-7-5-6-13-28(17)23-19-9-2-4-11-21(19)34(31,32)26-23/h1-4,8-11,16-17H,5-7,12-15H2. The molecule has 1 fully saturated rings. The van der Waals surface area contributed by atoms with Gasteiger partial charge < -0.3 is 9.64 Å². The van der Waals surface area contributed by atoms with E-state index in [0.717, 1.165) is 19.3 Å². The van der Waals surface area contributed by atoms with E-state index in [1.165, 1.54) is 10.9 Å². The molecule has 1 saturated heterocycles. The van der Waals surface area contributed by atoms with Crippen LogP contribution >= 0.6 is 0 Å². The Bertz CT molecular complexity index is 1450. The van der Waals surface area contributed by atoms with Crippen LogP contribution in [0.25, 0.3) is 10.9 Å². The first-order valence-corrected chi connectivity index (χ1v) is 12.7. The zero-order valence-corrected chi connectivity index (χ0v) is 19.3. The normalized spacial score (nSPS) is 19.0. The molecule has 176 valence electrons. The molecule has 1 atom stereocenters. The number of piperidine rings is 1. The second-order valence-electron chi connectivity index (χ2n) is 8.43. The first-order chi connectivity index (χ1) is 16.4. The Labute approximate surface area is 196 Å². The highest BCUT2D eigenvalue weighted by Crippen LogP contribution is 2.31. The van der Waals surface area contributed by atoms with Crippen molar-refractivity contribution in [3.05, 3.63) is 70.8 Å². The molecule has 3 heterocycles.